The van der Waals surface area contributed by atoms with E-state index in [0.29, 0.717) is 17.9 Å². The van der Waals surface area contributed by atoms with Crippen LogP contribution < -0.4 is 10.9 Å². The minimum absolute atomic E-state index is 0.196. The van der Waals surface area contributed by atoms with Gasteiger partial charge in [0.25, 0.3) is 5.56 Å². The number of aryl methyl sites for hydroxylation is 1. The second kappa shape index (κ2) is 6.61. The molecule has 0 saturated heterocycles. The summed E-state index contributed by atoms with van der Waals surface area (Å²) in [5.41, 5.74) is 2.59. The van der Waals surface area contributed by atoms with Crippen molar-refractivity contribution in [2.24, 2.45) is 0 Å². The van der Waals surface area contributed by atoms with Crippen LogP contribution in [0.4, 0.5) is 5.82 Å². The first kappa shape index (κ1) is 14.7. The molecule has 108 valence electrons. The molecule has 0 amide bonds. The smallest absolute Gasteiger partial charge is 0.269 e. The van der Waals surface area contributed by atoms with E-state index in [4.69, 9.17) is 5.26 Å². The number of nitrogens with zero attached hydrogens (tertiary/aromatic N) is 4. The Balaban J connectivity index is 2.23. The highest BCUT2D eigenvalue weighted by Gasteiger charge is 2.11. The Kier molecular flexibility index (Phi) is 4.61. The van der Waals surface area contributed by atoms with Crippen molar-refractivity contribution < 1.29 is 0 Å². The molecule has 7 heteroatoms. The molecular weight excluding hydrogens is 268 g/mol. The van der Waals surface area contributed by atoms with Crippen LogP contribution >= 0.6 is 0 Å². The Morgan fingerprint density at radius 3 is 2.62 bits per heavy atom. The fourth-order valence-corrected chi connectivity index (χ4v) is 2.13. The summed E-state index contributed by atoms with van der Waals surface area (Å²) in [6, 6.07) is 5.14. The number of hydrogen-bond donors (Lipinski definition) is 2. The van der Waals surface area contributed by atoms with E-state index in [2.05, 4.69) is 25.7 Å². The molecular formula is C14H16N6O. The molecule has 0 fully saturated rings. The summed E-state index contributed by atoms with van der Waals surface area (Å²) in [6.45, 7) is 4.35. The van der Waals surface area contributed by atoms with E-state index in [1.54, 1.807) is 12.1 Å². The largest absolute Gasteiger partial charge is 0.364 e. The summed E-state index contributed by atoms with van der Waals surface area (Å²) in [6.07, 6.45) is 1.51. The Hall–Kier alpha value is -2.75. The standard InChI is InChI=1S/C14H16N6O/c1-3-10-11(14(21)20-18-12(10)4-2)8-16-13-6-5-9(7-15)17-19-13/h5-6H,3-4,8H2,1-2H3,(H,16,19)(H,20,21). The third-order valence-corrected chi connectivity index (χ3v) is 3.19. The molecule has 0 spiro atoms. The number of nitriles is 1. The summed E-state index contributed by atoms with van der Waals surface area (Å²) >= 11 is 0. The van der Waals surface area contributed by atoms with Crippen molar-refractivity contribution >= 4 is 5.82 Å². The molecule has 0 saturated carbocycles. The van der Waals surface area contributed by atoms with Crippen LogP contribution in [0.2, 0.25) is 0 Å². The van der Waals surface area contributed by atoms with Gasteiger partial charge < -0.3 is 5.32 Å². The minimum atomic E-state index is -0.196. The van der Waals surface area contributed by atoms with Gasteiger partial charge in [-0.15, -0.1) is 10.2 Å². The van der Waals surface area contributed by atoms with Gasteiger partial charge in [0.15, 0.2) is 5.69 Å². The Morgan fingerprint density at radius 2 is 2.05 bits per heavy atom. The quantitative estimate of drug-likeness (QED) is 0.853. The Morgan fingerprint density at radius 1 is 1.24 bits per heavy atom. The van der Waals surface area contributed by atoms with Crippen molar-refractivity contribution in [2.45, 2.75) is 33.2 Å². The third-order valence-electron chi connectivity index (χ3n) is 3.19. The van der Waals surface area contributed by atoms with Crippen molar-refractivity contribution in [1.29, 1.82) is 5.26 Å². The molecule has 0 bridgehead atoms. The minimum Gasteiger partial charge on any atom is -0.364 e. The van der Waals surface area contributed by atoms with Gasteiger partial charge in [-0.1, -0.05) is 13.8 Å². The van der Waals surface area contributed by atoms with E-state index >= 15 is 0 Å². The van der Waals surface area contributed by atoms with Crippen molar-refractivity contribution in [3.05, 3.63) is 45.0 Å². The molecule has 0 aliphatic rings. The average Bonchev–Trinajstić information content (AvgIpc) is 2.53. The van der Waals surface area contributed by atoms with Gasteiger partial charge in [0.1, 0.15) is 11.9 Å². The van der Waals surface area contributed by atoms with Gasteiger partial charge in [-0.3, -0.25) is 4.79 Å². The summed E-state index contributed by atoms with van der Waals surface area (Å²) < 4.78 is 0. The third kappa shape index (κ3) is 3.23. The predicted octanol–water partition coefficient (Wildman–Crippen LogP) is 1.17. The normalized spacial score (nSPS) is 10.1. The number of aromatic nitrogens is 4. The zero-order valence-corrected chi connectivity index (χ0v) is 12.0. The zero-order valence-electron chi connectivity index (χ0n) is 12.0. The summed E-state index contributed by atoms with van der Waals surface area (Å²) in [4.78, 5) is 12.0. The van der Waals surface area contributed by atoms with Crippen LogP contribution in [-0.4, -0.2) is 20.4 Å². The van der Waals surface area contributed by atoms with Gasteiger partial charge >= 0.3 is 0 Å². The van der Waals surface area contributed by atoms with Crippen molar-refractivity contribution in [3.63, 3.8) is 0 Å². The molecule has 7 nitrogen and oxygen atoms in total. The first-order chi connectivity index (χ1) is 10.2. The van der Waals surface area contributed by atoms with Crippen LogP contribution in [0.3, 0.4) is 0 Å². The van der Waals surface area contributed by atoms with E-state index in [-0.39, 0.29) is 11.3 Å². The van der Waals surface area contributed by atoms with Crippen molar-refractivity contribution in [3.8, 4) is 6.07 Å². The molecule has 0 unspecified atom stereocenters. The van der Waals surface area contributed by atoms with Crippen LogP contribution in [0.25, 0.3) is 0 Å². The van der Waals surface area contributed by atoms with Crippen LogP contribution in [0.15, 0.2) is 16.9 Å². The molecule has 2 aromatic heterocycles. The highest BCUT2D eigenvalue weighted by Crippen LogP contribution is 2.12. The zero-order chi connectivity index (χ0) is 15.2. The van der Waals surface area contributed by atoms with Gasteiger partial charge in [0.2, 0.25) is 0 Å². The van der Waals surface area contributed by atoms with Crippen LogP contribution in [0.5, 0.6) is 0 Å². The highest BCUT2D eigenvalue weighted by atomic mass is 16.1. The summed E-state index contributed by atoms with van der Waals surface area (Å²) in [5, 5.41) is 25.9. The topological polar surface area (TPSA) is 107 Å². The second-order valence-electron chi connectivity index (χ2n) is 4.43. The summed E-state index contributed by atoms with van der Waals surface area (Å²) in [5.74, 6) is 0.519. The van der Waals surface area contributed by atoms with E-state index in [1.807, 2.05) is 19.9 Å². The van der Waals surface area contributed by atoms with Gasteiger partial charge in [0, 0.05) is 12.1 Å². The predicted molar refractivity (Wildman–Crippen MR) is 77.7 cm³/mol. The van der Waals surface area contributed by atoms with Gasteiger partial charge in [-0.05, 0) is 30.5 Å². The van der Waals surface area contributed by atoms with Crippen molar-refractivity contribution in [2.75, 3.05) is 5.32 Å². The lowest BCUT2D eigenvalue weighted by Gasteiger charge is -2.11. The number of nitrogens with one attached hydrogen (secondary N) is 2. The first-order valence-corrected chi connectivity index (χ1v) is 6.76. The van der Waals surface area contributed by atoms with E-state index in [1.165, 1.54) is 0 Å². The molecule has 0 aliphatic heterocycles. The maximum absolute atomic E-state index is 12.0. The Labute approximate surface area is 122 Å². The number of rotatable bonds is 5. The maximum atomic E-state index is 12.0. The van der Waals surface area contributed by atoms with E-state index in [0.717, 1.165) is 24.1 Å². The number of hydrogen-bond acceptors (Lipinski definition) is 6. The van der Waals surface area contributed by atoms with Crippen LogP contribution in [-0.2, 0) is 19.4 Å². The number of H-pyrrole nitrogens is 1. The molecule has 2 heterocycles. The van der Waals surface area contributed by atoms with Crippen molar-refractivity contribution in [1.82, 2.24) is 20.4 Å². The maximum Gasteiger partial charge on any atom is 0.269 e. The first-order valence-electron chi connectivity index (χ1n) is 6.76. The fourth-order valence-electron chi connectivity index (χ4n) is 2.13. The van der Waals surface area contributed by atoms with Crippen LogP contribution in [0.1, 0.15) is 36.4 Å². The number of anilines is 1. The lowest BCUT2D eigenvalue weighted by atomic mass is 10.0. The molecule has 2 rings (SSSR count). The molecule has 0 radical (unpaired) electrons. The van der Waals surface area contributed by atoms with Gasteiger partial charge in [-0.25, -0.2) is 5.10 Å². The SMILES string of the molecule is CCc1n[nH]c(=O)c(CNc2ccc(C#N)nn2)c1CC. The molecule has 2 N–H and O–H groups in total. The molecule has 2 aromatic rings. The van der Waals surface area contributed by atoms with Gasteiger partial charge in [-0.2, -0.15) is 10.4 Å². The molecule has 0 aliphatic carbocycles. The van der Waals surface area contributed by atoms with E-state index in [9.17, 15) is 4.79 Å². The molecule has 0 aromatic carbocycles. The average molecular weight is 284 g/mol. The molecule has 0 atom stereocenters. The van der Waals surface area contributed by atoms with Crippen LogP contribution in [0, 0.1) is 11.3 Å². The fraction of sp³-hybridized carbons (Fsp3) is 0.357. The van der Waals surface area contributed by atoms with Gasteiger partial charge in [0.05, 0.1) is 5.69 Å². The highest BCUT2D eigenvalue weighted by molar-refractivity contribution is 5.38. The molecule has 21 heavy (non-hydrogen) atoms. The summed E-state index contributed by atoms with van der Waals surface area (Å²) in [7, 11) is 0. The van der Waals surface area contributed by atoms with E-state index < -0.39 is 0 Å². The monoisotopic (exact) mass is 284 g/mol. The lowest BCUT2D eigenvalue weighted by molar-refractivity contribution is 0.825. The Bertz CT molecular complexity index is 714. The lowest BCUT2D eigenvalue weighted by Crippen LogP contribution is -2.22. The number of aromatic amines is 1. The second-order valence-corrected chi connectivity index (χ2v) is 4.43.